The number of H-pyrrole nitrogens is 2. The number of benzene rings is 2. The van der Waals surface area contributed by atoms with Crippen LogP contribution >= 0.6 is 0 Å². The molecule has 2 N–H and O–H groups in total. The van der Waals surface area contributed by atoms with Crippen LogP contribution in [0, 0.1) is 0 Å². The molecule has 6 heteroatoms. The van der Waals surface area contributed by atoms with Crippen LogP contribution in [0.2, 0.25) is 0 Å². The normalized spacial score (nSPS) is 11.2. The van der Waals surface area contributed by atoms with Gasteiger partial charge in [0.2, 0.25) is 0 Å². The molecule has 0 unspecified atom stereocenters. The lowest BCUT2D eigenvalue weighted by Crippen LogP contribution is -1.88. The third kappa shape index (κ3) is 2.23. The van der Waals surface area contributed by atoms with Gasteiger partial charge < -0.3 is 9.40 Å². The molecule has 0 saturated carbocycles. The number of furan rings is 1. The second-order valence-corrected chi connectivity index (χ2v) is 5.67. The van der Waals surface area contributed by atoms with Crippen LogP contribution in [0.1, 0.15) is 0 Å². The summed E-state index contributed by atoms with van der Waals surface area (Å²) in [5.74, 6) is 1.39. The summed E-state index contributed by atoms with van der Waals surface area (Å²) in [6, 6.07) is 18.0. The van der Waals surface area contributed by atoms with Crippen molar-refractivity contribution in [3.63, 3.8) is 0 Å². The number of hydrogen-bond acceptors (Lipinski definition) is 4. The van der Waals surface area contributed by atoms with E-state index in [1.54, 1.807) is 12.5 Å². The van der Waals surface area contributed by atoms with Crippen molar-refractivity contribution >= 4 is 11.0 Å². The summed E-state index contributed by atoms with van der Waals surface area (Å²) < 4.78 is 5.47. The average molecular weight is 327 g/mol. The number of aromatic nitrogens is 5. The zero-order chi connectivity index (χ0) is 16.6. The van der Waals surface area contributed by atoms with Crippen LogP contribution in [0.25, 0.3) is 45.0 Å². The maximum absolute atomic E-state index is 5.47. The van der Waals surface area contributed by atoms with Crippen LogP contribution in [0.15, 0.2) is 71.5 Å². The summed E-state index contributed by atoms with van der Waals surface area (Å²) in [4.78, 5) is 8.08. The highest BCUT2D eigenvalue weighted by Gasteiger charge is 2.18. The van der Waals surface area contributed by atoms with Gasteiger partial charge in [0, 0.05) is 5.56 Å². The number of nitrogens with one attached hydrogen (secondary N) is 2. The second kappa shape index (κ2) is 5.45. The predicted molar refractivity (Wildman–Crippen MR) is 94.6 cm³/mol. The Morgan fingerprint density at radius 1 is 0.920 bits per heavy atom. The smallest absolute Gasteiger partial charge is 0.174 e. The van der Waals surface area contributed by atoms with Crippen LogP contribution in [-0.4, -0.2) is 25.4 Å². The monoisotopic (exact) mass is 327 g/mol. The van der Waals surface area contributed by atoms with E-state index in [1.807, 2.05) is 36.4 Å². The Morgan fingerprint density at radius 3 is 2.60 bits per heavy atom. The Bertz CT molecular complexity index is 1130. The summed E-state index contributed by atoms with van der Waals surface area (Å²) in [5, 5.41) is 10.9. The minimum absolute atomic E-state index is 0.690. The van der Waals surface area contributed by atoms with E-state index >= 15 is 0 Å². The lowest BCUT2D eigenvalue weighted by Gasteiger charge is -2.08. The van der Waals surface area contributed by atoms with E-state index in [0.29, 0.717) is 11.6 Å². The Balaban J connectivity index is 1.82. The zero-order valence-corrected chi connectivity index (χ0v) is 13.1. The van der Waals surface area contributed by atoms with Gasteiger partial charge in [0.05, 0.1) is 23.5 Å². The van der Waals surface area contributed by atoms with Crippen molar-refractivity contribution in [3.05, 3.63) is 67.1 Å². The predicted octanol–water partition coefficient (Wildman–Crippen LogP) is 4.28. The van der Waals surface area contributed by atoms with E-state index in [9.17, 15) is 0 Å². The Morgan fingerprint density at radius 2 is 1.84 bits per heavy atom. The van der Waals surface area contributed by atoms with E-state index in [0.717, 1.165) is 33.4 Å². The van der Waals surface area contributed by atoms with Gasteiger partial charge in [-0.25, -0.2) is 4.98 Å². The Labute approximate surface area is 142 Å². The Hall–Kier alpha value is -3.67. The van der Waals surface area contributed by atoms with Crippen LogP contribution in [0.5, 0.6) is 0 Å². The van der Waals surface area contributed by atoms with E-state index in [4.69, 9.17) is 9.40 Å². The van der Waals surface area contributed by atoms with Gasteiger partial charge in [-0.3, -0.25) is 0 Å². The van der Waals surface area contributed by atoms with E-state index in [1.165, 1.54) is 0 Å². The molecule has 0 radical (unpaired) electrons. The minimum Gasteiger partial charge on any atom is -0.461 e. The number of rotatable bonds is 3. The quantitative estimate of drug-likeness (QED) is 0.518. The highest BCUT2D eigenvalue weighted by atomic mass is 16.3. The van der Waals surface area contributed by atoms with Crippen LogP contribution in [-0.2, 0) is 0 Å². The number of nitrogens with zero attached hydrogens (tertiary/aromatic N) is 3. The van der Waals surface area contributed by atoms with Crippen molar-refractivity contribution in [2.24, 2.45) is 0 Å². The highest BCUT2D eigenvalue weighted by molar-refractivity contribution is 6.00. The largest absolute Gasteiger partial charge is 0.461 e. The molecule has 5 aromatic rings. The molecular formula is C19H13N5O. The summed E-state index contributed by atoms with van der Waals surface area (Å²) >= 11 is 0. The zero-order valence-electron chi connectivity index (χ0n) is 13.1. The number of fused-ring (bicyclic) bond motifs is 1. The first kappa shape index (κ1) is 13.7. The SMILES string of the molecule is c1ccc(-c2ccc3[nH]c(-c4ccco4)nc3c2-c2cn[nH]n2)cc1. The van der Waals surface area contributed by atoms with Gasteiger partial charge in [-0.2, -0.15) is 15.4 Å². The molecule has 5 rings (SSSR count). The average Bonchev–Trinajstić information content (AvgIpc) is 3.42. The third-order valence-corrected chi connectivity index (χ3v) is 4.17. The lowest BCUT2D eigenvalue weighted by molar-refractivity contribution is 0.578. The molecule has 2 aromatic carbocycles. The van der Waals surface area contributed by atoms with E-state index in [-0.39, 0.29) is 0 Å². The molecule has 0 aliphatic heterocycles. The molecule has 0 bridgehead atoms. The van der Waals surface area contributed by atoms with Crippen molar-refractivity contribution in [3.8, 4) is 34.0 Å². The third-order valence-electron chi connectivity index (χ3n) is 4.17. The molecule has 0 fully saturated rings. The molecule has 3 heterocycles. The lowest BCUT2D eigenvalue weighted by atomic mass is 9.96. The first-order valence-electron chi connectivity index (χ1n) is 7.88. The second-order valence-electron chi connectivity index (χ2n) is 5.67. The van der Waals surface area contributed by atoms with Gasteiger partial charge in [-0.05, 0) is 29.3 Å². The first-order chi connectivity index (χ1) is 12.4. The highest BCUT2D eigenvalue weighted by Crippen LogP contribution is 2.37. The maximum Gasteiger partial charge on any atom is 0.174 e. The summed E-state index contributed by atoms with van der Waals surface area (Å²) in [7, 11) is 0. The summed E-state index contributed by atoms with van der Waals surface area (Å²) in [6.45, 7) is 0. The van der Waals surface area contributed by atoms with Crippen molar-refractivity contribution in [1.82, 2.24) is 25.4 Å². The molecule has 0 amide bonds. The van der Waals surface area contributed by atoms with Crippen LogP contribution < -0.4 is 0 Å². The molecule has 25 heavy (non-hydrogen) atoms. The van der Waals surface area contributed by atoms with E-state index in [2.05, 4.69) is 38.6 Å². The molecule has 6 nitrogen and oxygen atoms in total. The molecule has 0 spiro atoms. The molecular weight excluding hydrogens is 314 g/mol. The Kier molecular flexibility index (Phi) is 3.00. The molecule has 0 atom stereocenters. The number of aromatic amines is 2. The van der Waals surface area contributed by atoms with Crippen molar-refractivity contribution < 1.29 is 4.42 Å². The number of hydrogen-bond donors (Lipinski definition) is 2. The first-order valence-corrected chi connectivity index (χ1v) is 7.88. The summed E-state index contributed by atoms with van der Waals surface area (Å²) in [5.41, 5.74) is 5.60. The fraction of sp³-hybridized carbons (Fsp3) is 0. The summed E-state index contributed by atoms with van der Waals surface area (Å²) in [6.07, 6.45) is 3.35. The van der Waals surface area contributed by atoms with Crippen molar-refractivity contribution in [2.75, 3.05) is 0 Å². The fourth-order valence-corrected chi connectivity index (χ4v) is 3.05. The van der Waals surface area contributed by atoms with Gasteiger partial charge in [-0.15, -0.1) is 0 Å². The van der Waals surface area contributed by atoms with E-state index < -0.39 is 0 Å². The van der Waals surface area contributed by atoms with Crippen LogP contribution in [0.4, 0.5) is 0 Å². The molecule has 3 aromatic heterocycles. The van der Waals surface area contributed by atoms with Gasteiger partial charge in [0.15, 0.2) is 11.6 Å². The van der Waals surface area contributed by atoms with Gasteiger partial charge in [-0.1, -0.05) is 36.4 Å². The van der Waals surface area contributed by atoms with Crippen molar-refractivity contribution in [1.29, 1.82) is 0 Å². The molecule has 0 aliphatic carbocycles. The van der Waals surface area contributed by atoms with Gasteiger partial charge in [0.25, 0.3) is 0 Å². The molecule has 120 valence electrons. The van der Waals surface area contributed by atoms with Gasteiger partial charge >= 0.3 is 0 Å². The van der Waals surface area contributed by atoms with Gasteiger partial charge in [0.1, 0.15) is 5.69 Å². The molecule has 0 aliphatic rings. The standard InChI is InChI=1S/C19H13N5O/c1-2-5-12(6-3-1)13-8-9-14-18(17(13)15-11-20-24-23-15)22-19(21-14)16-7-4-10-25-16/h1-11H,(H,21,22)(H,20,23,24). The maximum atomic E-state index is 5.47. The fourth-order valence-electron chi connectivity index (χ4n) is 3.05. The van der Waals surface area contributed by atoms with Crippen LogP contribution in [0.3, 0.4) is 0 Å². The molecule has 0 saturated heterocycles. The topological polar surface area (TPSA) is 83.4 Å². The minimum atomic E-state index is 0.690. The number of imidazole rings is 1. The van der Waals surface area contributed by atoms with Crippen molar-refractivity contribution in [2.45, 2.75) is 0 Å².